The molecule has 2 N–H and O–H groups in total. The number of carbonyl (C=O) groups excluding carboxylic acids is 2. The molecule has 1 aromatic carbocycles. The summed E-state index contributed by atoms with van der Waals surface area (Å²) in [6, 6.07) is 10.6. The number of nitrogens with zero attached hydrogens (tertiary/aromatic N) is 1. The molecule has 0 saturated carbocycles. The molecule has 2 aliphatic heterocycles. The van der Waals surface area contributed by atoms with Crippen molar-refractivity contribution in [3.8, 4) is 0 Å². The number of hydrogen-bond acceptors (Lipinski definition) is 3. The highest BCUT2D eigenvalue weighted by Gasteiger charge is 2.23. The third kappa shape index (κ3) is 5.84. The van der Waals surface area contributed by atoms with E-state index in [1.54, 1.807) is 0 Å². The molecule has 0 bridgehead atoms. The first-order valence-electron chi connectivity index (χ1n) is 10.00. The van der Waals surface area contributed by atoms with E-state index in [1.165, 1.54) is 5.56 Å². The van der Waals surface area contributed by atoms with Crippen LogP contribution in [-0.2, 0) is 16.0 Å². The lowest BCUT2D eigenvalue weighted by atomic mass is 9.90. The lowest BCUT2D eigenvalue weighted by molar-refractivity contribution is -0.134. The molecule has 2 heterocycles. The van der Waals surface area contributed by atoms with E-state index in [2.05, 4.69) is 34.9 Å². The van der Waals surface area contributed by atoms with Crippen LogP contribution in [0.15, 0.2) is 30.3 Å². The molecule has 3 rings (SSSR count). The molecule has 1 atom stereocenters. The molecular formula is C21H31N3O2. The van der Waals surface area contributed by atoms with Crippen molar-refractivity contribution in [2.45, 2.75) is 38.5 Å². The lowest BCUT2D eigenvalue weighted by Crippen LogP contribution is -2.44. The molecule has 5 heteroatoms. The first-order valence-corrected chi connectivity index (χ1v) is 10.00. The predicted octanol–water partition coefficient (Wildman–Crippen LogP) is 1.97. The summed E-state index contributed by atoms with van der Waals surface area (Å²) in [5, 5.41) is 6.12. The van der Waals surface area contributed by atoms with Crippen molar-refractivity contribution >= 4 is 11.8 Å². The Kier molecular flexibility index (Phi) is 7.06. The first kappa shape index (κ1) is 18.9. The molecule has 1 unspecified atom stereocenters. The normalized spacial score (nSPS) is 20.9. The highest BCUT2D eigenvalue weighted by atomic mass is 16.2. The van der Waals surface area contributed by atoms with Crippen LogP contribution >= 0.6 is 0 Å². The monoisotopic (exact) mass is 357 g/mol. The Morgan fingerprint density at radius 2 is 1.85 bits per heavy atom. The molecule has 0 spiro atoms. The lowest BCUT2D eigenvalue weighted by Gasteiger charge is -2.32. The van der Waals surface area contributed by atoms with Crippen molar-refractivity contribution in [3.63, 3.8) is 0 Å². The number of carbonyl (C=O) groups is 2. The van der Waals surface area contributed by atoms with Crippen molar-refractivity contribution in [3.05, 3.63) is 35.9 Å². The molecule has 0 aromatic heterocycles. The van der Waals surface area contributed by atoms with Gasteiger partial charge in [0.15, 0.2) is 0 Å². The molecule has 2 amide bonds. The fourth-order valence-electron chi connectivity index (χ4n) is 4.00. The zero-order chi connectivity index (χ0) is 18.2. The molecule has 2 saturated heterocycles. The molecule has 1 aromatic rings. The minimum atomic E-state index is 0.00390. The van der Waals surface area contributed by atoms with Gasteiger partial charge in [-0.15, -0.1) is 0 Å². The van der Waals surface area contributed by atoms with Gasteiger partial charge >= 0.3 is 0 Å². The van der Waals surface area contributed by atoms with Gasteiger partial charge in [0.2, 0.25) is 11.8 Å². The number of piperidine rings is 1. The second-order valence-electron chi connectivity index (χ2n) is 7.69. The van der Waals surface area contributed by atoms with E-state index in [0.717, 1.165) is 58.3 Å². The Labute approximate surface area is 156 Å². The van der Waals surface area contributed by atoms with E-state index < -0.39 is 0 Å². The van der Waals surface area contributed by atoms with Crippen molar-refractivity contribution in [1.29, 1.82) is 0 Å². The average molecular weight is 357 g/mol. The largest absolute Gasteiger partial charge is 0.347 e. The number of nitrogens with one attached hydrogen (secondary N) is 2. The zero-order valence-electron chi connectivity index (χ0n) is 15.6. The van der Waals surface area contributed by atoms with Gasteiger partial charge in [0.1, 0.15) is 0 Å². The molecule has 2 fully saturated rings. The van der Waals surface area contributed by atoms with Gasteiger partial charge in [0.05, 0.1) is 6.54 Å². The maximum absolute atomic E-state index is 12.3. The third-order valence-electron chi connectivity index (χ3n) is 5.71. The van der Waals surface area contributed by atoms with Crippen LogP contribution in [-0.4, -0.2) is 49.4 Å². The van der Waals surface area contributed by atoms with E-state index >= 15 is 0 Å². The van der Waals surface area contributed by atoms with Crippen LogP contribution in [0.5, 0.6) is 0 Å². The van der Waals surface area contributed by atoms with Crippen molar-refractivity contribution in [2.75, 3.05) is 32.7 Å². The second kappa shape index (κ2) is 9.72. The van der Waals surface area contributed by atoms with E-state index in [9.17, 15) is 9.59 Å². The maximum Gasteiger partial charge on any atom is 0.241 e. The summed E-state index contributed by atoms with van der Waals surface area (Å²) in [6.07, 6.45) is 5.78. The SMILES string of the molecule is O=C(CCC1CCNC1)NCC(=O)N1CCC(Cc2ccccc2)CC1. The Bertz CT molecular complexity index is 576. The van der Waals surface area contributed by atoms with Crippen molar-refractivity contribution in [1.82, 2.24) is 15.5 Å². The van der Waals surface area contributed by atoms with E-state index in [1.807, 2.05) is 11.0 Å². The Morgan fingerprint density at radius 1 is 1.08 bits per heavy atom. The van der Waals surface area contributed by atoms with Gasteiger partial charge in [0, 0.05) is 19.5 Å². The number of hydrogen-bond donors (Lipinski definition) is 2. The highest BCUT2D eigenvalue weighted by Crippen LogP contribution is 2.21. The highest BCUT2D eigenvalue weighted by molar-refractivity contribution is 5.84. The van der Waals surface area contributed by atoms with Crippen molar-refractivity contribution in [2.24, 2.45) is 11.8 Å². The minimum Gasteiger partial charge on any atom is -0.347 e. The second-order valence-corrected chi connectivity index (χ2v) is 7.69. The van der Waals surface area contributed by atoms with Crippen LogP contribution in [0.25, 0.3) is 0 Å². The minimum absolute atomic E-state index is 0.00390. The molecule has 26 heavy (non-hydrogen) atoms. The quantitative estimate of drug-likeness (QED) is 0.784. The zero-order valence-corrected chi connectivity index (χ0v) is 15.6. The first-order chi connectivity index (χ1) is 12.7. The smallest absolute Gasteiger partial charge is 0.241 e. The number of rotatable bonds is 7. The molecule has 5 nitrogen and oxygen atoms in total. The summed E-state index contributed by atoms with van der Waals surface area (Å²) in [5.74, 6) is 1.32. The van der Waals surface area contributed by atoms with Crippen LogP contribution in [0.1, 0.15) is 37.7 Å². The summed E-state index contributed by atoms with van der Waals surface area (Å²) in [4.78, 5) is 26.2. The summed E-state index contributed by atoms with van der Waals surface area (Å²) in [6.45, 7) is 3.83. The fourth-order valence-corrected chi connectivity index (χ4v) is 4.00. The number of amides is 2. The molecule has 142 valence electrons. The van der Waals surface area contributed by atoms with Crippen molar-refractivity contribution < 1.29 is 9.59 Å². The third-order valence-corrected chi connectivity index (χ3v) is 5.71. The summed E-state index contributed by atoms with van der Waals surface area (Å²) >= 11 is 0. The number of likely N-dealkylation sites (tertiary alicyclic amines) is 1. The number of benzene rings is 1. The van der Waals surface area contributed by atoms with Gasteiger partial charge in [-0.05, 0) is 62.6 Å². The van der Waals surface area contributed by atoms with Crippen LogP contribution in [0.3, 0.4) is 0 Å². The topological polar surface area (TPSA) is 61.4 Å². The molecule has 0 radical (unpaired) electrons. The van der Waals surface area contributed by atoms with E-state index in [4.69, 9.17) is 0 Å². The van der Waals surface area contributed by atoms with Gasteiger partial charge in [-0.1, -0.05) is 30.3 Å². The Morgan fingerprint density at radius 3 is 2.54 bits per heavy atom. The van der Waals surface area contributed by atoms with Crippen LogP contribution < -0.4 is 10.6 Å². The predicted molar refractivity (Wildman–Crippen MR) is 103 cm³/mol. The van der Waals surface area contributed by atoms with Crippen LogP contribution in [0.4, 0.5) is 0 Å². The van der Waals surface area contributed by atoms with Crippen LogP contribution in [0, 0.1) is 11.8 Å². The van der Waals surface area contributed by atoms with Gasteiger partial charge in [0.25, 0.3) is 0 Å². The fraction of sp³-hybridized carbons (Fsp3) is 0.619. The maximum atomic E-state index is 12.3. The molecule has 2 aliphatic rings. The van der Waals surface area contributed by atoms with Gasteiger partial charge < -0.3 is 15.5 Å². The van der Waals surface area contributed by atoms with Crippen LogP contribution in [0.2, 0.25) is 0 Å². The van der Waals surface area contributed by atoms with Gasteiger partial charge in [-0.25, -0.2) is 0 Å². The van der Waals surface area contributed by atoms with Gasteiger partial charge in [-0.3, -0.25) is 9.59 Å². The van der Waals surface area contributed by atoms with E-state index in [0.29, 0.717) is 18.3 Å². The Hall–Kier alpha value is -1.88. The standard InChI is InChI=1S/C21H31N3O2/c25-20(7-6-19-8-11-22-15-19)23-16-21(26)24-12-9-18(10-13-24)14-17-4-2-1-3-5-17/h1-5,18-19,22H,6-16H2,(H,23,25). The molecular weight excluding hydrogens is 326 g/mol. The van der Waals surface area contributed by atoms with E-state index in [-0.39, 0.29) is 18.4 Å². The Balaban J connectivity index is 1.31. The summed E-state index contributed by atoms with van der Waals surface area (Å²) < 4.78 is 0. The van der Waals surface area contributed by atoms with Gasteiger partial charge in [-0.2, -0.15) is 0 Å². The average Bonchev–Trinajstić information content (AvgIpc) is 3.19. The summed E-state index contributed by atoms with van der Waals surface area (Å²) in [5.41, 5.74) is 1.38. The molecule has 0 aliphatic carbocycles. The summed E-state index contributed by atoms with van der Waals surface area (Å²) in [7, 11) is 0.